The molecule has 2 heterocycles. The zero-order valence-corrected chi connectivity index (χ0v) is 15.2. The Morgan fingerprint density at radius 1 is 1.37 bits per heavy atom. The smallest absolute Gasteiger partial charge is 0.435 e. The monoisotopic (exact) mass is 408 g/mol. The lowest BCUT2D eigenvalue weighted by molar-refractivity contribution is -0.150. The van der Waals surface area contributed by atoms with Gasteiger partial charge >= 0.3 is 12.1 Å². The number of halogens is 3. The van der Waals surface area contributed by atoms with Gasteiger partial charge in [0.25, 0.3) is 5.95 Å². The van der Waals surface area contributed by atoms with Crippen LogP contribution in [0.1, 0.15) is 19.5 Å². The predicted molar refractivity (Wildman–Crippen MR) is 84.0 cm³/mol. The maximum atomic E-state index is 13.0. The molecule has 0 amide bonds. The molecule has 1 unspecified atom stereocenters. The van der Waals surface area contributed by atoms with Crippen LogP contribution in [0, 0.1) is 0 Å². The summed E-state index contributed by atoms with van der Waals surface area (Å²) in [6, 6.07) is 1.63. The second-order valence-electron chi connectivity index (χ2n) is 5.26. The Kier molecular flexibility index (Phi) is 5.73. The van der Waals surface area contributed by atoms with Crippen LogP contribution in [0.3, 0.4) is 0 Å². The van der Waals surface area contributed by atoms with Crippen LogP contribution in [-0.4, -0.2) is 53.1 Å². The van der Waals surface area contributed by atoms with Gasteiger partial charge in [-0.1, -0.05) is 0 Å². The third-order valence-corrected chi connectivity index (χ3v) is 4.06. The first kappa shape index (κ1) is 20.6. The number of carbonyl (C=O) groups is 1. The maximum absolute atomic E-state index is 13.0. The van der Waals surface area contributed by atoms with Crippen molar-refractivity contribution < 1.29 is 35.9 Å². The van der Waals surface area contributed by atoms with E-state index in [0.29, 0.717) is 10.7 Å². The largest absolute Gasteiger partial charge is 0.463 e. The van der Waals surface area contributed by atoms with E-state index in [0.717, 1.165) is 18.5 Å². The fourth-order valence-corrected chi connectivity index (χ4v) is 2.42. The minimum Gasteiger partial charge on any atom is -0.463 e. The van der Waals surface area contributed by atoms with Crippen molar-refractivity contribution >= 4 is 15.8 Å². The van der Waals surface area contributed by atoms with E-state index < -0.39 is 50.6 Å². The number of carbonyl (C=O) groups excluding carboxylic acids is 1. The maximum Gasteiger partial charge on any atom is 0.435 e. The Bertz CT molecular complexity index is 942. The number of alkyl halides is 3. The van der Waals surface area contributed by atoms with Crippen molar-refractivity contribution in [3.05, 3.63) is 24.0 Å². The average Bonchev–Trinajstić information content (AvgIpc) is 2.98. The van der Waals surface area contributed by atoms with Crippen LogP contribution >= 0.6 is 0 Å². The van der Waals surface area contributed by atoms with Gasteiger partial charge in [0.1, 0.15) is 0 Å². The van der Waals surface area contributed by atoms with E-state index in [-0.39, 0.29) is 6.61 Å². The molecule has 13 heteroatoms. The molecule has 0 radical (unpaired) electrons. The molecule has 0 aliphatic heterocycles. The third-order valence-electron chi connectivity index (χ3n) is 3.07. The summed E-state index contributed by atoms with van der Waals surface area (Å²) in [6.07, 6.45) is -4.14. The Hall–Kier alpha value is -2.70. The Morgan fingerprint density at radius 2 is 2.04 bits per heavy atom. The number of ether oxygens (including phenoxy) is 2. The van der Waals surface area contributed by atoms with Gasteiger partial charge in [-0.15, -0.1) is 0 Å². The molecule has 0 saturated heterocycles. The first-order chi connectivity index (χ1) is 12.4. The fourth-order valence-electron chi connectivity index (χ4n) is 1.86. The zero-order chi connectivity index (χ0) is 20.4. The summed E-state index contributed by atoms with van der Waals surface area (Å²) in [4.78, 5) is 19.1. The molecule has 9 nitrogen and oxygen atoms in total. The minimum atomic E-state index is -4.81. The zero-order valence-electron chi connectivity index (χ0n) is 14.4. The SMILES string of the molecule is CCOC(=O)C(C)Oc1cc(C(F)(F)F)nn1-c1nccc(S(C)(=O)=O)n1. The molecule has 0 N–H and O–H groups in total. The Morgan fingerprint density at radius 3 is 2.59 bits per heavy atom. The van der Waals surface area contributed by atoms with Crippen LogP contribution in [0.4, 0.5) is 13.2 Å². The van der Waals surface area contributed by atoms with E-state index in [1.165, 1.54) is 6.92 Å². The van der Waals surface area contributed by atoms with Crippen molar-refractivity contribution in [2.45, 2.75) is 31.2 Å². The van der Waals surface area contributed by atoms with E-state index in [4.69, 9.17) is 9.47 Å². The van der Waals surface area contributed by atoms with Crippen LogP contribution < -0.4 is 4.74 Å². The average molecular weight is 408 g/mol. The summed E-state index contributed by atoms with van der Waals surface area (Å²) in [5.74, 6) is -1.78. The summed E-state index contributed by atoms with van der Waals surface area (Å²) in [6.45, 7) is 2.89. The van der Waals surface area contributed by atoms with Crippen molar-refractivity contribution in [3.63, 3.8) is 0 Å². The summed E-state index contributed by atoms with van der Waals surface area (Å²) in [7, 11) is -3.74. The van der Waals surface area contributed by atoms with Crippen LogP contribution in [0.5, 0.6) is 5.88 Å². The van der Waals surface area contributed by atoms with Crippen molar-refractivity contribution in [3.8, 4) is 11.8 Å². The van der Waals surface area contributed by atoms with Gasteiger partial charge in [-0.3, -0.25) is 0 Å². The van der Waals surface area contributed by atoms with E-state index in [9.17, 15) is 26.4 Å². The number of hydrogen-bond donors (Lipinski definition) is 0. The topological polar surface area (TPSA) is 113 Å². The third kappa shape index (κ3) is 4.93. The molecule has 2 aromatic rings. The van der Waals surface area contributed by atoms with Crippen molar-refractivity contribution in [1.29, 1.82) is 0 Å². The highest BCUT2D eigenvalue weighted by Gasteiger charge is 2.36. The summed E-state index contributed by atoms with van der Waals surface area (Å²) >= 11 is 0. The number of sulfone groups is 1. The number of esters is 1. The molecule has 0 aliphatic carbocycles. The molecule has 2 aromatic heterocycles. The van der Waals surface area contributed by atoms with E-state index in [2.05, 4.69) is 15.1 Å². The number of aromatic nitrogens is 4. The molecule has 2 rings (SSSR count). The van der Waals surface area contributed by atoms with Gasteiger partial charge < -0.3 is 9.47 Å². The van der Waals surface area contributed by atoms with Crippen LogP contribution in [0.2, 0.25) is 0 Å². The van der Waals surface area contributed by atoms with Crippen LogP contribution in [0.25, 0.3) is 5.95 Å². The number of rotatable bonds is 6. The summed E-state index contributed by atoms with van der Waals surface area (Å²) in [5, 5.41) is 2.91. The lowest BCUT2D eigenvalue weighted by atomic mass is 10.4. The molecule has 148 valence electrons. The standard InChI is InChI=1S/C14H15F3N4O5S/c1-4-25-12(22)8(2)26-11-7-9(14(15,16)17)20-21(11)13-18-6-5-10(19-13)27(3,23)24/h5-8H,4H2,1-3H3. The van der Waals surface area contributed by atoms with Crippen LogP contribution in [-0.2, 0) is 25.5 Å². The molecule has 0 spiro atoms. The van der Waals surface area contributed by atoms with E-state index >= 15 is 0 Å². The molecular weight excluding hydrogens is 393 g/mol. The highest BCUT2D eigenvalue weighted by molar-refractivity contribution is 7.90. The normalized spacial score (nSPS) is 13.3. The molecule has 1 atom stereocenters. The van der Waals surface area contributed by atoms with Gasteiger partial charge in [-0.2, -0.15) is 27.9 Å². The Labute approximate surface area is 152 Å². The van der Waals surface area contributed by atoms with Gasteiger partial charge in [-0.05, 0) is 19.9 Å². The van der Waals surface area contributed by atoms with Gasteiger partial charge in [0.05, 0.1) is 6.61 Å². The molecule has 0 saturated carbocycles. The van der Waals surface area contributed by atoms with Crippen molar-refractivity contribution in [2.24, 2.45) is 0 Å². The second-order valence-corrected chi connectivity index (χ2v) is 7.22. The Balaban J connectivity index is 2.52. The summed E-state index contributed by atoms with van der Waals surface area (Å²) in [5.41, 5.74) is -1.33. The first-order valence-electron chi connectivity index (χ1n) is 7.47. The van der Waals surface area contributed by atoms with Crippen molar-refractivity contribution in [2.75, 3.05) is 12.9 Å². The molecule has 27 heavy (non-hydrogen) atoms. The van der Waals surface area contributed by atoms with Crippen LogP contribution in [0.15, 0.2) is 23.4 Å². The lowest BCUT2D eigenvalue weighted by Gasteiger charge is -2.13. The molecule has 0 aliphatic rings. The lowest BCUT2D eigenvalue weighted by Crippen LogP contribution is -2.27. The fraction of sp³-hybridized carbons (Fsp3) is 0.429. The minimum absolute atomic E-state index is 0.0547. The second kappa shape index (κ2) is 7.50. The van der Waals surface area contributed by atoms with E-state index in [1.807, 2.05) is 0 Å². The molecule has 0 bridgehead atoms. The number of hydrogen-bond acceptors (Lipinski definition) is 8. The van der Waals surface area contributed by atoms with Gasteiger partial charge in [0.15, 0.2) is 26.7 Å². The molecular formula is C14H15F3N4O5S. The quantitative estimate of drug-likeness (QED) is 0.521. The van der Waals surface area contributed by atoms with E-state index in [1.54, 1.807) is 6.92 Å². The predicted octanol–water partition coefficient (Wildman–Crippen LogP) is 1.41. The van der Waals surface area contributed by atoms with Crippen molar-refractivity contribution in [1.82, 2.24) is 19.7 Å². The van der Waals surface area contributed by atoms with Gasteiger partial charge in [0.2, 0.25) is 5.88 Å². The number of nitrogens with zero attached hydrogens (tertiary/aromatic N) is 4. The summed E-state index contributed by atoms with van der Waals surface area (Å²) < 4.78 is 72.8. The highest BCUT2D eigenvalue weighted by Crippen LogP contribution is 2.32. The molecule has 0 fully saturated rings. The van der Waals surface area contributed by atoms with Gasteiger partial charge in [0, 0.05) is 18.5 Å². The molecule has 0 aromatic carbocycles. The highest BCUT2D eigenvalue weighted by atomic mass is 32.2. The van der Waals surface area contributed by atoms with Gasteiger partial charge in [-0.25, -0.2) is 18.2 Å². The first-order valence-corrected chi connectivity index (χ1v) is 9.36.